The Morgan fingerprint density at radius 2 is 1.41 bits per heavy atom. The van der Waals surface area contributed by atoms with Gasteiger partial charge < -0.3 is 19.1 Å². The van der Waals surface area contributed by atoms with Crippen LogP contribution in [0.15, 0.2) is 54.2 Å². The molecule has 3 rings (SSSR count). The SMILES string of the molecule is CCc1ccc(N2C(=O)C(c3ccc(OC)cc3)=C(N(CCOC)CCOC)C2=O)cc1. The van der Waals surface area contributed by atoms with E-state index in [1.54, 1.807) is 45.6 Å². The van der Waals surface area contributed by atoms with Crippen LogP contribution >= 0.6 is 0 Å². The van der Waals surface area contributed by atoms with Gasteiger partial charge in [0.25, 0.3) is 11.8 Å². The molecular formula is C25H30N2O5. The highest BCUT2D eigenvalue weighted by Crippen LogP contribution is 2.35. The van der Waals surface area contributed by atoms with Crippen molar-refractivity contribution in [3.63, 3.8) is 0 Å². The van der Waals surface area contributed by atoms with Crippen LogP contribution in [0.25, 0.3) is 5.57 Å². The third-order valence-electron chi connectivity index (χ3n) is 5.49. The number of carbonyl (C=O) groups is 2. The van der Waals surface area contributed by atoms with Gasteiger partial charge in [0.1, 0.15) is 11.4 Å². The zero-order valence-electron chi connectivity index (χ0n) is 19.1. The molecule has 2 aromatic carbocycles. The normalized spacial score (nSPS) is 13.8. The standard InChI is InChI=1S/C25H30N2O5/c1-5-18-6-10-20(11-7-18)27-24(28)22(19-8-12-21(32-4)13-9-19)23(25(27)29)26(14-16-30-2)15-17-31-3/h6-13H,5,14-17H2,1-4H3. The van der Waals surface area contributed by atoms with Crippen molar-refractivity contribution >= 4 is 23.1 Å². The molecule has 7 nitrogen and oxygen atoms in total. The van der Waals surface area contributed by atoms with Crippen LogP contribution in [0, 0.1) is 0 Å². The fraction of sp³-hybridized carbons (Fsp3) is 0.360. The van der Waals surface area contributed by atoms with Gasteiger partial charge in [-0.3, -0.25) is 9.59 Å². The Labute approximate surface area is 189 Å². The van der Waals surface area contributed by atoms with Gasteiger partial charge in [-0.25, -0.2) is 4.90 Å². The minimum absolute atomic E-state index is 0.348. The van der Waals surface area contributed by atoms with Gasteiger partial charge in [0.2, 0.25) is 0 Å². The van der Waals surface area contributed by atoms with E-state index in [2.05, 4.69) is 6.92 Å². The number of ether oxygens (including phenoxy) is 3. The maximum Gasteiger partial charge on any atom is 0.282 e. The average Bonchev–Trinajstić information content (AvgIpc) is 3.09. The summed E-state index contributed by atoms with van der Waals surface area (Å²) in [6.07, 6.45) is 0.880. The number of hydrogen-bond donors (Lipinski definition) is 0. The topological polar surface area (TPSA) is 68.3 Å². The smallest absolute Gasteiger partial charge is 0.282 e. The van der Waals surface area contributed by atoms with Crippen LogP contribution in [-0.2, 0) is 25.5 Å². The summed E-state index contributed by atoms with van der Waals surface area (Å²) >= 11 is 0. The molecule has 0 saturated heterocycles. The highest BCUT2D eigenvalue weighted by atomic mass is 16.5. The maximum atomic E-state index is 13.6. The van der Waals surface area contributed by atoms with Crippen molar-refractivity contribution in [2.75, 3.05) is 52.5 Å². The van der Waals surface area contributed by atoms with Gasteiger partial charge in [0.05, 0.1) is 31.6 Å². The second-order valence-electron chi connectivity index (χ2n) is 7.39. The monoisotopic (exact) mass is 438 g/mol. The summed E-state index contributed by atoms with van der Waals surface area (Å²) < 4.78 is 15.8. The van der Waals surface area contributed by atoms with Gasteiger partial charge in [-0.15, -0.1) is 0 Å². The summed E-state index contributed by atoms with van der Waals surface area (Å²) in [5, 5.41) is 0. The first-order valence-electron chi connectivity index (χ1n) is 10.6. The number of hydrogen-bond acceptors (Lipinski definition) is 6. The molecule has 0 N–H and O–H groups in total. The first-order chi connectivity index (χ1) is 15.5. The highest BCUT2D eigenvalue weighted by molar-refractivity contribution is 6.45. The average molecular weight is 439 g/mol. The molecule has 0 saturated carbocycles. The molecule has 170 valence electrons. The van der Waals surface area contributed by atoms with Crippen LogP contribution in [0.3, 0.4) is 0 Å². The predicted molar refractivity (Wildman–Crippen MR) is 124 cm³/mol. The quantitative estimate of drug-likeness (QED) is 0.502. The minimum atomic E-state index is -0.350. The molecule has 2 amide bonds. The Kier molecular flexibility index (Phi) is 8.03. The summed E-state index contributed by atoms with van der Waals surface area (Å²) in [5.41, 5.74) is 3.07. The van der Waals surface area contributed by atoms with E-state index in [-0.39, 0.29) is 11.8 Å². The third kappa shape index (κ3) is 4.84. The predicted octanol–water partition coefficient (Wildman–Crippen LogP) is 3.14. The second kappa shape index (κ2) is 10.9. The molecule has 32 heavy (non-hydrogen) atoms. The van der Waals surface area contributed by atoms with Crippen LogP contribution in [0.2, 0.25) is 0 Å². The molecule has 0 atom stereocenters. The minimum Gasteiger partial charge on any atom is -0.497 e. The number of aryl methyl sites for hydroxylation is 1. The maximum absolute atomic E-state index is 13.6. The summed E-state index contributed by atoms with van der Waals surface area (Å²) in [5.74, 6) is -0.0215. The molecular weight excluding hydrogens is 408 g/mol. The lowest BCUT2D eigenvalue weighted by atomic mass is 10.0. The summed E-state index contributed by atoms with van der Waals surface area (Å²) in [7, 11) is 4.80. The van der Waals surface area contributed by atoms with Crippen LogP contribution in [0.1, 0.15) is 18.1 Å². The van der Waals surface area contributed by atoms with Gasteiger partial charge in [0, 0.05) is 27.3 Å². The van der Waals surface area contributed by atoms with Crippen LogP contribution in [0.4, 0.5) is 5.69 Å². The Hall–Kier alpha value is -3.16. The number of benzene rings is 2. The second-order valence-corrected chi connectivity index (χ2v) is 7.39. The molecule has 0 spiro atoms. The fourth-order valence-electron chi connectivity index (χ4n) is 3.68. The van der Waals surface area contributed by atoms with Crippen LogP contribution in [-0.4, -0.2) is 64.3 Å². The zero-order valence-corrected chi connectivity index (χ0v) is 19.1. The van der Waals surface area contributed by atoms with Crippen molar-refractivity contribution in [1.29, 1.82) is 0 Å². The van der Waals surface area contributed by atoms with Gasteiger partial charge in [-0.1, -0.05) is 31.2 Å². The van der Waals surface area contributed by atoms with E-state index >= 15 is 0 Å². The van der Waals surface area contributed by atoms with Gasteiger partial charge >= 0.3 is 0 Å². The van der Waals surface area contributed by atoms with E-state index in [0.717, 1.165) is 12.0 Å². The number of amides is 2. The molecule has 1 aliphatic heterocycles. The first-order valence-corrected chi connectivity index (χ1v) is 10.6. The Balaban J connectivity index is 2.09. The zero-order chi connectivity index (χ0) is 23.1. The number of anilines is 1. The summed E-state index contributed by atoms with van der Waals surface area (Å²) in [4.78, 5) is 30.4. The highest BCUT2D eigenvalue weighted by Gasteiger charge is 2.42. The molecule has 2 aromatic rings. The number of methoxy groups -OCH3 is 3. The number of carbonyl (C=O) groups excluding carboxylic acids is 2. The first kappa shape index (κ1) is 23.5. The Morgan fingerprint density at radius 3 is 1.91 bits per heavy atom. The largest absolute Gasteiger partial charge is 0.497 e. The molecule has 0 aliphatic carbocycles. The molecule has 1 heterocycles. The number of nitrogens with zero attached hydrogens (tertiary/aromatic N) is 2. The van der Waals surface area contributed by atoms with Crippen molar-refractivity contribution in [3.05, 3.63) is 65.4 Å². The van der Waals surface area contributed by atoms with E-state index in [9.17, 15) is 9.59 Å². The fourth-order valence-corrected chi connectivity index (χ4v) is 3.68. The molecule has 0 bridgehead atoms. The van der Waals surface area contributed by atoms with Crippen LogP contribution in [0.5, 0.6) is 5.75 Å². The van der Waals surface area contributed by atoms with E-state index in [0.29, 0.717) is 54.6 Å². The van der Waals surface area contributed by atoms with Gasteiger partial charge in [0.15, 0.2) is 0 Å². The lowest BCUT2D eigenvalue weighted by Crippen LogP contribution is -2.37. The van der Waals surface area contributed by atoms with Gasteiger partial charge in [-0.05, 0) is 41.8 Å². The summed E-state index contributed by atoms with van der Waals surface area (Å²) in [6.45, 7) is 3.80. The molecule has 0 radical (unpaired) electrons. The molecule has 0 aromatic heterocycles. The van der Waals surface area contributed by atoms with Crippen molar-refractivity contribution < 1.29 is 23.8 Å². The van der Waals surface area contributed by atoms with E-state index in [4.69, 9.17) is 14.2 Å². The Morgan fingerprint density at radius 1 is 0.812 bits per heavy atom. The third-order valence-corrected chi connectivity index (χ3v) is 5.49. The van der Waals surface area contributed by atoms with Crippen molar-refractivity contribution in [2.45, 2.75) is 13.3 Å². The van der Waals surface area contributed by atoms with Crippen molar-refractivity contribution in [2.24, 2.45) is 0 Å². The summed E-state index contributed by atoms with van der Waals surface area (Å²) in [6, 6.07) is 14.7. The molecule has 0 unspecified atom stereocenters. The Bertz CT molecular complexity index is 959. The number of rotatable bonds is 11. The van der Waals surface area contributed by atoms with E-state index in [1.807, 2.05) is 29.2 Å². The molecule has 1 aliphatic rings. The van der Waals surface area contributed by atoms with Crippen molar-refractivity contribution in [1.82, 2.24) is 4.90 Å². The lowest BCUT2D eigenvalue weighted by molar-refractivity contribution is -0.120. The van der Waals surface area contributed by atoms with Gasteiger partial charge in [-0.2, -0.15) is 0 Å². The lowest BCUT2D eigenvalue weighted by Gasteiger charge is -2.25. The van der Waals surface area contributed by atoms with Crippen molar-refractivity contribution in [3.8, 4) is 5.75 Å². The van der Waals surface area contributed by atoms with E-state index in [1.165, 1.54) is 4.90 Å². The number of imide groups is 1. The van der Waals surface area contributed by atoms with Crippen LogP contribution < -0.4 is 9.64 Å². The molecule has 7 heteroatoms. The van der Waals surface area contributed by atoms with E-state index < -0.39 is 0 Å². The molecule has 0 fully saturated rings.